The van der Waals surface area contributed by atoms with Crippen LogP contribution in [0.2, 0.25) is 0 Å². The van der Waals surface area contributed by atoms with E-state index >= 15 is 0 Å². The van der Waals surface area contributed by atoms with Crippen LogP contribution in [0, 0.1) is 0 Å². The fraction of sp³-hybridized carbons (Fsp3) is 0.529. The summed E-state index contributed by atoms with van der Waals surface area (Å²) in [6.45, 7) is 0. The van der Waals surface area contributed by atoms with E-state index in [-0.39, 0.29) is 11.7 Å². The lowest BCUT2D eigenvalue weighted by molar-refractivity contribution is -0.121. The van der Waals surface area contributed by atoms with Gasteiger partial charge >= 0.3 is 0 Å². The zero-order valence-electron chi connectivity index (χ0n) is 11.8. The van der Waals surface area contributed by atoms with Crippen molar-refractivity contribution in [3.05, 3.63) is 34.9 Å². The first-order chi connectivity index (χ1) is 9.72. The summed E-state index contributed by atoms with van der Waals surface area (Å²) >= 11 is 0. The molecule has 1 aromatic carbocycles. The molecule has 2 aliphatic carbocycles. The van der Waals surface area contributed by atoms with E-state index in [2.05, 4.69) is 11.4 Å². The molecule has 2 aliphatic rings. The first-order valence-corrected chi connectivity index (χ1v) is 7.67. The van der Waals surface area contributed by atoms with Crippen LogP contribution in [0.4, 0.5) is 0 Å². The summed E-state index contributed by atoms with van der Waals surface area (Å²) in [5.41, 5.74) is 3.48. The number of hydrogen-bond acceptors (Lipinski definition) is 2. The first kappa shape index (κ1) is 13.3. The second-order valence-electron chi connectivity index (χ2n) is 5.96. The van der Waals surface area contributed by atoms with Crippen LogP contribution < -0.4 is 5.32 Å². The fourth-order valence-electron chi connectivity index (χ4n) is 2.81. The lowest BCUT2D eigenvalue weighted by atomic mass is 9.89. The number of benzene rings is 1. The molecular weight excluding hydrogens is 250 g/mol. The molecule has 3 nitrogen and oxygen atoms in total. The highest BCUT2D eigenvalue weighted by Gasteiger charge is 2.23. The normalized spacial score (nSPS) is 17.4. The Morgan fingerprint density at radius 1 is 1.05 bits per heavy atom. The molecule has 1 aromatic rings. The third-order valence-electron chi connectivity index (χ3n) is 4.19. The molecule has 0 unspecified atom stereocenters. The van der Waals surface area contributed by atoms with Gasteiger partial charge in [0.05, 0.1) is 0 Å². The number of Topliss-reactive ketones (excluding diaryl/α,β-unsaturated/α-hetero) is 1. The Morgan fingerprint density at radius 3 is 2.55 bits per heavy atom. The molecular formula is C17H21NO2. The van der Waals surface area contributed by atoms with Gasteiger partial charge in [-0.3, -0.25) is 9.59 Å². The van der Waals surface area contributed by atoms with Gasteiger partial charge < -0.3 is 5.32 Å². The Hall–Kier alpha value is -1.64. The summed E-state index contributed by atoms with van der Waals surface area (Å²) < 4.78 is 0. The molecule has 0 heterocycles. The predicted molar refractivity (Wildman–Crippen MR) is 77.8 cm³/mol. The van der Waals surface area contributed by atoms with E-state index in [1.807, 2.05) is 12.1 Å². The largest absolute Gasteiger partial charge is 0.353 e. The molecule has 1 N–H and O–H groups in total. The molecule has 20 heavy (non-hydrogen) atoms. The van der Waals surface area contributed by atoms with Gasteiger partial charge in [-0.1, -0.05) is 12.1 Å². The number of fused-ring (bicyclic) bond motifs is 1. The van der Waals surface area contributed by atoms with Crippen molar-refractivity contribution < 1.29 is 9.59 Å². The Labute approximate surface area is 119 Å². The zero-order valence-corrected chi connectivity index (χ0v) is 11.8. The maximum atomic E-state index is 12.2. The van der Waals surface area contributed by atoms with Crippen molar-refractivity contribution in [2.45, 2.75) is 57.4 Å². The standard InChI is InChI=1S/C17H21NO2/c19-16(9-10-17(20)18-15-7-8-15)14-6-5-12-3-1-2-4-13(12)11-14/h5-6,11,15H,1-4,7-10H2,(H,18,20). The van der Waals surface area contributed by atoms with Crippen molar-refractivity contribution in [2.75, 3.05) is 0 Å². The zero-order chi connectivity index (χ0) is 13.9. The summed E-state index contributed by atoms with van der Waals surface area (Å²) in [7, 11) is 0. The van der Waals surface area contributed by atoms with E-state index < -0.39 is 0 Å². The van der Waals surface area contributed by atoms with Gasteiger partial charge in [0.1, 0.15) is 0 Å². The van der Waals surface area contributed by atoms with Gasteiger partial charge in [0.15, 0.2) is 5.78 Å². The molecule has 1 amide bonds. The van der Waals surface area contributed by atoms with Gasteiger partial charge in [-0.25, -0.2) is 0 Å². The van der Waals surface area contributed by atoms with Crippen molar-refractivity contribution in [3.8, 4) is 0 Å². The smallest absolute Gasteiger partial charge is 0.220 e. The third kappa shape index (κ3) is 3.27. The monoisotopic (exact) mass is 271 g/mol. The lowest BCUT2D eigenvalue weighted by Gasteiger charge is -2.16. The van der Waals surface area contributed by atoms with Crippen molar-refractivity contribution in [1.82, 2.24) is 5.32 Å². The maximum Gasteiger partial charge on any atom is 0.220 e. The number of ketones is 1. The van der Waals surface area contributed by atoms with Gasteiger partial charge in [-0.05, 0) is 55.7 Å². The molecule has 1 saturated carbocycles. The minimum Gasteiger partial charge on any atom is -0.353 e. The maximum absolute atomic E-state index is 12.2. The number of hydrogen-bond donors (Lipinski definition) is 1. The lowest BCUT2D eigenvalue weighted by Crippen LogP contribution is -2.25. The highest BCUT2D eigenvalue weighted by molar-refractivity contribution is 5.98. The van der Waals surface area contributed by atoms with E-state index in [1.54, 1.807) is 0 Å². The molecule has 0 aliphatic heterocycles. The molecule has 106 valence electrons. The van der Waals surface area contributed by atoms with Crippen LogP contribution in [0.5, 0.6) is 0 Å². The average Bonchev–Trinajstić information content (AvgIpc) is 3.28. The molecule has 1 fully saturated rings. The molecule has 0 saturated heterocycles. The summed E-state index contributed by atoms with van der Waals surface area (Å²) in [5, 5.41) is 2.92. The number of carbonyl (C=O) groups excluding carboxylic acids is 2. The second kappa shape index (κ2) is 5.78. The number of aryl methyl sites for hydroxylation is 2. The highest BCUT2D eigenvalue weighted by Crippen LogP contribution is 2.23. The quantitative estimate of drug-likeness (QED) is 0.837. The number of carbonyl (C=O) groups is 2. The number of amides is 1. The van der Waals surface area contributed by atoms with Crippen molar-refractivity contribution in [1.29, 1.82) is 0 Å². The van der Waals surface area contributed by atoms with Gasteiger partial charge in [0.2, 0.25) is 5.91 Å². The number of rotatable bonds is 5. The second-order valence-corrected chi connectivity index (χ2v) is 5.96. The minimum atomic E-state index is 0.0128. The average molecular weight is 271 g/mol. The van der Waals surface area contributed by atoms with Crippen LogP contribution in [0.25, 0.3) is 0 Å². The summed E-state index contributed by atoms with van der Waals surface area (Å²) in [6.07, 6.45) is 7.49. The van der Waals surface area contributed by atoms with Gasteiger partial charge in [0.25, 0.3) is 0 Å². The molecule has 0 aromatic heterocycles. The van der Waals surface area contributed by atoms with Crippen LogP contribution in [-0.2, 0) is 17.6 Å². The van der Waals surface area contributed by atoms with Crippen molar-refractivity contribution in [3.63, 3.8) is 0 Å². The van der Waals surface area contributed by atoms with E-state index in [9.17, 15) is 9.59 Å². The van der Waals surface area contributed by atoms with Crippen LogP contribution in [-0.4, -0.2) is 17.7 Å². The minimum absolute atomic E-state index is 0.0128. The van der Waals surface area contributed by atoms with Crippen molar-refractivity contribution in [2.24, 2.45) is 0 Å². The van der Waals surface area contributed by atoms with E-state index in [0.717, 1.165) is 31.2 Å². The van der Waals surface area contributed by atoms with Crippen LogP contribution in [0.3, 0.4) is 0 Å². The summed E-state index contributed by atoms with van der Waals surface area (Å²) in [4.78, 5) is 23.8. The van der Waals surface area contributed by atoms with E-state index in [1.165, 1.54) is 24.0 Å². The SMILES string of the molecule is O=C(CCC(=O)c1ccc2c(c1)CCCC2)NC1CC1. The molecule has 0 radical (unpaired) electrons. The summed E-state index contributed by atoms with van der Waals surface area (Å²) in [6, 6.07) is 6.42. The molecule has 0 bridgehead atoms. The fourth-order valence-corrected chi connectivity index (χ4v) is 2.81. The van der Waals surface area contributed by atoms with Crippen molar-refractivity contribution >= 4 is 11.7 Å². The Morgan fingerprint density at radius 2 is 1.80 bits per heavy atom. The topological polar surface area (TPSA) is 46.2 Å². The van der Waals surface area contributed by atoms with Crippen LogP contribution >= 0.6 is 0 Å². The molecule has 3 rings (SSSR count). The predicted octanol–water partition coefficient (Wildman–Crippen LogP) is 2.81. The highest BCUT2D eigenvalue weighted by atomic mass is 16.2. The summed E-state index contributed by atoms with van der Waals surface area (Å²) in [5.74, 6) is 0.100. The van der Waals surface area contributed by atoms with Crippen LogP contribution in [0.15, 0.2) is 18.2 Å². The molecule has 0 spiro atoms. The first-order valence-electron chi connectivity index (χ1n) is 7.67. The van der Waals surface area contributed by atoms with E-state index in [0.29, 0.717) is 18.9 Å². The molecule has 3 heteroatoms. The Bertz CT molecular complexity index is 532. The van der Waals surface area contributed by atoms with Gasteiger partial charge in [0, 0.05) is 24.4 Å². The van der Waals surface area contributed by atoms with Gasteiger partial charge in [-0.15, -0.1) is 0 Å². The molecule has 0 atom stereocenters. The Balaban J connectivity index is 1.57. The van der Waals surface area contributed by atoms with Crippen LogP contribution in [0.1, 0.15) is 60.0 Å². The third-order valence-corrected chi connectivity index (χ3v) is 4.19. The van der Waals surface area contributed by atoms with Gasteiger partial charge in [-0.2, -0.15) is 0 Å². The number of nitrogens with one attached hydrogen (secondary N) is 1. The van der Waals surface area contributed by atoms with E-state index in [4.69, 9.17) is 0 Å². The Kier molecular flexibility index (Phi) is 3.86.